The van der Waals surface area contributed by atoms with Crippen LogP contribution in [0.1, 0.15) is 5.56 Å². The van der Waals surface area contributed by atoms with E-state index in [0.29, 0.717) is 23.2 Å². The minimum Gasteiger partial charge on any atom is -0.493 e. The van der Waals surface area contributed by atoms with Crippen molar-refractivity contribution >= 4 is 23.5 Å². The van der Waals surface area contributed by atoms with Crippen molar-refractivity contribution < 1.29 is 9.47 Å². The van der Waals surface area contributed by atoms with Crippen molar-refractivity contribution in [3.8, 4) is 11.5 Å². The molecule has 6 heteroatoms. The fourth-order valence-corrected chi connectivity index (χ4v) is 1.31. The summed E-state index contributed by atoms with van der Waals surface area (Å²) < 4.78 is 10.7. The molecule has 102 valence electrons. The summed E-state index contributed by atoms with van der Waals surface area (Å²) in [5.41, 5.74) is 3.54. The maximum Gasteiger partial charge on any atom is 0.186 e. The van der Waals surface area contributed by atoms with Crippen LogP contribution in [-0.4, -0.2) is 32.1 Å². The molecule has 2 N–H and O–H groups in total. The molecular formula is C13H17N3O2S. The molecule has 19 heavy (non-hydrogen) atoms. The fraction of sp³-hybridized carbons (Fsp3) is 0.231. The van der Waals surface area contributed by atoms with Gasteiger partial charge < -0.3 is 14.8 Å². The molecule has 0 aromatic heterocycles. The number of hydrogen-bond donors (Lipinski definition) is 2. The molecule has 1 aromatic rings. The first kappa shape index (κ1) is 15.0. The van der Waals surface area contributed by atoms with Crippen molar-refractivity contribution in [2.45, 2.75) is 0 Å². The molecule has 0 heterocycles. The predicted molar refractivity (Wildman–Crippen MR) is 81.1 cm³/mol. The van der Waals surface area contributed by atoms with Gasteiger partial charge in [-0.15, -0.1) is 0 Å². The summed E-state index contributed by atoms with van der Waals surface area (Å²) in [7, 11) is 3.31. The molecule has 0 saturated heterocycles. The number of nitrogens with zero attached hydrogens (tertiary/aromatic N) is 1. The predicted octanol–water partition coefficient (Wildman–Crippen LogP) is 1.69. The smallest absolute Gasteiger partial charge is 0.186 e. The molecule has 5 nitrogen and oxygen atoms in total. The zero-order valence-electron chi connectivity index (χ0n) is 11.0. The number of methoxy groups -OCH3 is 1. The Hall–Kier alpha value is -2.08. The summed E-state index contributed by atoms with van der Waals surface area (Å²) in [4.78, 5) is 0. The number of rotatable bonds is 6. The molecule has 0 unspecified atom stereocenters. The Bertz CT molecular complexity index is 475. The zero-order valence-corrected chi connectivity index (χ0v) is 11.8. The molecule has 0 aliphatic rings. The highest BCUT2D eigenvalue weighted by Gasteiger charge is 2.04. The minimum atomic E-state index is 0.432. The molecule has 0 radical (unpaired) electrons. The van der Waals surface area contributed by atoms with Gasteiger partial charge in [0.1, 0.15) is 6.61 Å². The van der Waals surface area contributed by atoms with E-state index in [9.17, 15) is 0 Å². The van der Waals surface area contributed by atoms with Crippen LogP contribution in [0.5, 0.6) is 11.5 Å². The molecule has 0 amide bonds. The number of ether oxygens (including phenoxy) is 2. The summed E-state index contributed by atoms with van der Waals surface area (Å²) in [6.07, 6.45) is 3.32. The third kappa shape index (κ3) is 4.97. The van der Waals surface area contributed by atoms with Crippen LogP contribution in [-0.2, 0) is 0 Å². The van der Waals surface area contributed by atoms with Gasteiger partial charge in [0.25, 0.3) is 0 Å². The van der Waals surface area contributed by atoms with E-state index in [1.54, 1.807) is 26.4 Å². The Kier molecular flexibility index (Phi) is 6.38. The van der Waals surface area contributed by atoms with Gasteiger partial charge in [-0.3, -0.25) is 5.43 Å². The van der Waals surface area contributed by atoms with Crippen LogP contribution in [0.3, 0.4) is 0 Å². The van der Waals surface area contributed by atoms with E-state index >= 15 is 0 Å². The van der Waals surface area contributed by atoms with Crippen molar-refractivity contribution in [1.29, 1.82) is 0 Å². The number of nitrogens with one attached hydrogen (secondary N) is 2. The molecule has 0 saturated carbocycles. The lowest BCUT2D eigenvalue weighted by Crippen LogP contribution is -2.28. The van der Waals surface area contributed by atoms with Crippen molar-refractivity contribution in [3.05, 3.63) is 36.4 Å². The molecule has 0 atom stereocenters. The average molecular weight is 279 g/mol. The van der Waals surface area contributed by atoms with Crippen molar-refractivity contribution in [3.63, 3.8) is 0 Å². The number of thiocarbonyl (C=S) groups is 1. The van der Waals surface area contributed by atoms with Crippen LogP contribution in [0.4, 0.5) is 0 Å². The maximum atomic E-state index is 5.46. The van der Waals surface area contributed by atoms with Gasteiger partial charge in [-0.05, 0) is 36.0 Å². The largest absolute Gasteiger partial charge is 0.493 e. The lowest BCUT2D eigenvalue weighted by Gasteiger charge is -2.09. The van der Waals surface area contributed by atoms with Gasteiger partial charge in [0.15, 0.2) is 16.6 Å². The van der Waals surface area contributed by atoms with Crippen LogP contribution in [0.2, 0.25) is 0 Å². The third-order valence-electron chi connectivity index (χ3n) is 2.15. The first-order chi connectivity index (χ1) is 9.21. The standard InChI is InChI=1S/C13H17N3O2S/c1-4-7-18-11-6-5-10(8-12(11)17-3)9-15-16-13(19)14-2/h4-6,8-9H,1,7H2,2-3H3,(H2,14,16,19)/b15-9-. The van der Waals surface area contributed by atoms with E-state index in [1.807, 2.05) is 18.2 Å². The Morgan fingerprint density at radius 1 is 1.47 bits per heavy atom. The van der Waals surface area contributed by atoms with Crippen LogP contribution >= 0.6 is 12.2 Å². The number of benzene rings is 1. The van der Waals surface area contributed by atoms with Gasteiger partial charge >= 0.3 is 0 Å². The molecule has 0 aliphatic heterocycles. The zero-order chi connectivity index (χ0) is 14.1. The molecule has 1 aromatic carbocycles. The first-order valence-electron chi connectivity index (χ1n) is 5.63. The van der Waals surface area contributed by atoms with E-state index in [-0.39, 0.29) is 0 Å². The molecule has 0 spiro atoms. The van der Waals surface area contributed by atoms with E-state index in [0.717, 1.165) is 5.56 Å². The van der Waals surface area contributed by atoms with E-state index < -0.39 is 0 Å². The second-order valence-corrected chi connectivity index (χ2v) is 3.87. The summed E-state index contributed by atoms with van der Waals surface area (Å²) in [5.74, 6) is 1.31. The van der Waals surface area contributed by atoms with E-state index in [2.05, 4.69) is 22.4 Å². The summed E-state index contributed by atoms with van der Waals surface area (Å²) >= 11 is 4.90. The molecular weight excluding hydrogens is 262 g/mol. The highest BCUT2D eigenvalue weighted by atomic mass is 32.1. The number of hydrazone groups is 1. The van der Waals surface area contributed by atoms with Gasteiger partial charge in [0.05, 0.1) is 13.3 Å². The molecule has 0 aliphatic carbocycles. The average Bonchev–Trinajstić information content (AvgIpc) is 2.45. The Morgan fingerprint density at radius 3 is 2.89 bits per heavy atom. The third-order valence-corrected chi connectivity index (χ3v) is 2.45. The number of hydrogen-bond acceptors (Lipinski definition) is 4. The van der Waals surface area contributed by atoms with Crippen molar-refractivity contribution in [2.75, 3.05) is 20.8 Å². The second kappa shape index (κ2) is 8.10. The highest BCUT2D eigenvalue weighted by Crippen LogP contribution is 2.27. The van der Waals surface area contributed by atoms with Gasteiger partial charge in [-0.25, -0.2) is 0 Å². The summed E-state index contributed by atoms with van der Waals surface area (Å²) in [6.45, 7) is 4.03. The fourth-order valence-electron chi connectivity index (χ4n) is 1.25. The van der Waals surface area contributed by atoms with Crippen LogP contribution in [0.15, 0.2) is 36.0 Å². The molecule has 0 fully saturated rings. The maximum absolute atomic E-state index is 5.46. The first-order valence-corrected chi connectivity index (χ1v) is 6.04. The van der Waals surface area contributed by atoms with E-state index in [1.165, 1.54) is 0 Å². The molecule has 0 bridgehead atoms. The second-order valence-electron chi connectivity index (χ2n) is 3.46. The molecule has 1 rings (SSSR count). The SMILES string of the molecule is C=CCOc1ccc(/C=N\NC(=S)NC)cc1OC. The lowest BCUT2D eigenvalue weighted by atomic mass is 10.2. The van der Waals surface area contributed by atoms with Crippen LogP contribution in [0.25, 0.3) is 0 Å². The van der Waals surface area contributed by atoms with Crippen LogP contribution < -0.4 is 20.2 Å². The Labute approximate surface area is 118 Å². The normalized spacial score (nSPS) is 10.0. The summed E-state index contributed by atoms with van der Waals surface area (Å²) in [5, 5.41) is 7.20. The van der Waals surface area contributed by atoms with Gasteiger partial charge in [0, 0.05) is 7.05 Å². The van der Waals surface area contributed by atoms with Crippen molar-refractivity contribution in [2.24, 2.45) is 5.10 Å². The Balaban J connectivity index is 2.75. The van der Waals surface area contributed by atoms with Gasteiger partial charge in [-0.1, -0.05) is 12.7 Å². The van der Waals surface area contributed by atoms with Crippen LogP contribution in [0, 0.1) is 0 Å². The van der Waals surface area contributed by atoms with E-state index in [4.69, 9.17) is 21.7 Å². The monoisotopic (exact) mass is 279 g/mol. The summed E-state index contributed by atoms with van der Waals surface area (Å²) in [6, 6.07) is 5.51. The topological polar surface area (TPSA) is 54.9 Å². The highest BCUT2D eigenvalue weighted by molar-refractivity contribution is 7.80. The Morgan fingerprint density at radius 2 is 2.26 bits per heavy atom. The van der Waals surface area contributed by atoms with Gasteiger partial charge in [-0.2, -0.15) is 5.10 Å². The minimum absolute atomic E-state index is 0.432. The lowest BCUT2D eigenvalue weighted by molar-refractivity contribution is 0.326. The van der Waals surface area contributed by atoms with Gasteiger partial charge in [0.2, 0.25) is 0 Å². The van der Waals surface area contributed by atoms with Crippen molar-refractivity contribution in [1.82, 2.24) is 10.7 Å². The quantitative estimate of drug-likeness (QED) is 0.359.